The zero-order valence-corrected chi connectivity index (χ0v) is 21.4. The van der Waals surface area contributed by atoms with E-state index in [1.54, 1.807) is 30.3 Å². The van der Waals surface area contributed by atoms with Crippen LogP contribution in [0.2, 0.25) is 5.02 Å². The Bertz CT molecular complexity index is 1230. The summed E-state index contributed by atoms with van der Waals surface area (Å²) in [6.45, 7) is 4.59. The monoisotopic (exact) mass is 522 g/mol. The van der Waals surface area contributed by atoms with Gasteiger partial charge in [-0.3, -0.25) is 14.9 Å². The van der Waals surface area contributed by atoms with Crippen LogP contribution in [-0.2, 0) is 4.79 Å². The van der Waals surface area contributed by atoms with Crippen molar-refractivity contribution in [3.63, 3.8) is 0 Å². The van der Waals surface area contributed by atoms with Gasteiger partial charge in [-0.05, 0) is 85.4 Å². The summed E-state index contributed by atoms with van der Waals surface area (Å²) in [6, 6.07) is 22.3. The second kappa shape index (κ2) is 11.9. The number of carbonyl (C=O) groups is 2. The number of halogens is 1. The molecule has 1 aliphatic rings. The summed E-state index contributed by atoms with van der Waals surface area (Å²) in [5, 5.41) is 6.46. The molecule has 0 atom stereocenters. The van der Waals surface area contributed by atoms with E-state index < -0.39 is 0 Å². The van der Waals surface area contributed by atoms with Crippen LogP contribution in [0.4, 0.5) is 11.4 Å². The molecule has 186 valence electrons. The standard InChI is InChI=1S/C27H27ClN4O3S/c1-19-3-2-4-24(17-19)35-18-25(33)30-27(36)29-22-9-11-23(12-10-22)31-13-15-32(16-14-31)26(34)20-5-7-21(28)8-6-20/h2-12,17H,13-16,18H2,1H3,(H2,29,30,33,36). The minimum absolute atomic E-state index is 0.0192. The predicted octanol–water partition coefficient (Wildman–Crippen LogP) is 4.50. The lowest BCUT2D eigenvalue weighted by Gasteiger charge is -2.36. The Morgan fingerprint density at radius 1 is 0.972 bits per heavy atom. The van der Waals surface area contributed by atoms with Crippen molar-refractivity contribution in [3.05, 3.63) is 88.9 Å². The Morgan fingerprint density at radius 2 is 1.67 bits per heavy atom. The van der Waals surface area contributed by atoms with E-state index in [0.717, 1.165) is 30.0 Å². The number of hydrogen-bond donors (Lipinski definition) is 2. The van der Waals surface area contributed by atoms with E-state index in [1.165, 1.54) is 0 Å². The molecule has 2 N–H and O–H groups in total. The van der Waals surface area contributed by atoms with E-state index in [9.17, 15) is 9.59 Å². The van der Waals surface area contributed by atoms with Crippen LogP contribution in [0.25, 0.3) is 0 Å². The highest BCUT2D eigenvalue weighted by atomic mass is 35.5. The van der Waals surface area contributed by atoms with Crippen molar-refractivity contribution in [2.75, 3.05) is 43.0 Å². The summed E-state index contributed by atoms with van der Waals surface area (Å²) < 4.78 is 5.50. The molecule has 0 saturated carbocycles. The van der Waals surface area contributed by atoms with Gasteiger partial charge in [0.1, 0.15) is 5.75 Å². The third-order valence-electron chi connectivity index (χ3n) is 5.76. The van der Waals surface area contributed by atoms with Crippen molar-refractivity contribution in [1.82, 2.24) is 10.2 Å². The minimum atomic E-state index is -0.336. The van der Waals surface area contributed by atoms with Crippen LogP contribution >= 0.6 is 23.8 Å². The summed E-state index contributed by atoms with van der Waals surface area (Å²) in [7, 11) is 0. The number of carbonyl (C=O) groups excluding carboxylic acids is 2. The number of nitrogens with one attached hydrogen (secondary N) is 2. The number of amides is 2. The Kier molecular flexibility index (Phi) is 8.40. The van der Waals surface area contributed by atoms with Crippen LogP contribution in [0.1, 0.15) is 15.9 Å². The third-order valence-corrected chi connectivity index (χ3v) is 6.22. The molecule has 0 bridgehead atoms. The fourth-order valence-electron chi connectivity index (χ4n) is 3.88. The lowest BCUT2D eigenvalue weighted by molar-refractivity contribution is -0.121. The molecule has 9 heteroatoms. The maximum atomic E-state index is 12.7. The van der Waals surface area contributed by atoms with E-state index in [0.29, 0.717) is 29.4 Å². The van der Waals surface area contributed by atoms with Gasteiger partial charge >= 0.3 is 0 Å². The number of benzene rings is 3. The van der Waals surface area contributed by atoms with Gasteiger partial charge in [0.25, 0.3) is 11.8 Å². The number of rotatable bonds is 6. The molecular formula is C27H27ClN4O3S. The van der Waals surface area contributed by atoms with Crippen molar-refractivity contribution in [2.24, 2.45) is 0 Å². The lowest BCUT2D eigenvalue weighted by Crippen LogP contribution is -2.48. The fourth-order valence-corrected chi connectivity index (χ4v) is 4.24. The molecule has 1 heterocycles. The Labute approximate surface area is 221 Å². The number of piperazine rings is 1. The maximum absolute atomic E-state index is 12.7. The molecule has 1 aliphatic heterocycles. The Balaban J connectivity index is 1.22. The largest absolute Gasteiger partial charge is 0.484 e. The number of anilines is 2. The van der Waals surface area contributed by atoms with Gasteiger partial charge in [-0.2, -0.15) is 0 Å². The molecule has 0 spiro atoms. The van der Waals surface area contributed by atoms with Gasteiger partial charge in [0.2, 0.25) is 0 Å². The van der Waals surface area contributed by atoms with Crippen molar-refractivity contribution >= 4 is 52.1 Å². The van der Waals surface area contributed by atoms with Gasteiger partial charge in [0.15, 0.2) is 11.7 Å². The van der Waals surface area contributed by atoms with E-state index in [1.807, 2.05) is 54.3 Å². The first kappa shape index (κ1) is 25.5. The fraction of sp³-hybridized carbons (Fsp3) is 0.222. The molecule has 7 nitrogen and oxygen atoms in total. The van der Waals surface area contributed by atoms with Gasteiger partial charge in [-0.15, -0.1) is 0 Å². The van der Waals surface area contributed by atoms with Crippen LogP contribution in [0.15, 0.2) is 72.8 Å². The normalized spacial score (nSPS) is 13.2. The smallest absolute Gasteiger partial charge is 0.264 e. The topological polar surface area (TPSA) is 73.9 Å². The average molecular weight is 523 g/mol. The highest BCUT2D eigenvalue weighted by Crippen LogP contribution is 2.21. The van der Waals surface area contributed by atoms with Crippen LogP contribution in [0.3, 0.4) is 0 Å². The number of nitrogens with zero attached hydrogens (tertiary/aromatic N) is 2. The van der Waals surface area contributed by atoms with E-state index in [4.69, 9.17) is 28.6 Å². The van der Waals surface area contributed by atoms with E-state index in [2.05, 4.69) is 15.5 Å². The molecule has 2 amide bonds. The van der Waals surface area contributed by atoms with Crippen molar-refractivity contribution in [3.8, 4) is 5.75 Å². The molecule has 3 aromatic rings. The second-order valence-corrected chi connectivity index (χ2v) is 9.29. The molecule has 0 aliphatic carbocycles. The van der Waals surface area contributed by atoms with Crippen LogP contribution in [-0.4, -0.2) is 54.6 Å². The number of ether oxygens (including phenoxy) is 1. The van der Waals surface area contributed by atoms with Gasteiger partial charge < -0.3 is 19.9 Å². The lowest BCUT2D eigenvalue weighted by atomic mass is 10.1. The number of hydrogen-bond acceptors (Lipinski definition) is 5. The summed E-state index contributed by atoms with van der Waals surface area (Å²) >= 11 is 11.2. The molecule has 0 unspecified atom stereocenters. The average Bonchev–Trinajstić information content (AvgIpc) is 2.88. The first-order valence-corrected chi connectivity index (χ1v) is 12.4. The summed E-state index contributed by atoms with van der Waals surface area (Å²) in [4.78, 5) is 28.9. The van der Waals surface area contributed by atoms with Crippen LogP contribution < -0.4 is 20.3 Å². The molecule has 1 fully saturated rings. The van der Waals surface area contributed by atoms with Gasteiger partial charge in [-0.25, -0.2) is 0 Å². The maximum Gasteiger partial charge on any atom is 0.264 e. The quantitative estimate of drug-likeness (QED) is 0.464. The molecule has 0 aromatic heterocycles. The van der Waals surface area contributed by atoms with Crippen molar-refractivity contribution in [2.45, 2.75) is 6.92 Å². The molecule has 3 aromatic carbocycles. The summed E-state index contributed by atoms with van der Waals surface area (Å²) in [5.41, 5.74) is 3.52. The van der Waals surface area contributed by atoms with E-state index >= 15 is 0 Å². The van der Waals surface area contributed by atoms with E-state index in [-0.39, 0.29) is 23.5 Å². The predicted molar refractivity (Wildman–Crippen MR) is 147 cm³/mol. The first-order chi connectivity index (χ1) is 17.4. The van der Waals surface area contributed by atoms with Gasteiger partial charge in [-0.1, -0.05) is 23.7 Å². The van der Waals surface area contributed by atoms with Crippen molar-refractivity contribution in [1.29, 1.82) is 0 Å². The highest BCUT2D eigenvalue weighted by molar-refractivity contribution is 7.80. The van der Waals surface area contributed by atoms with Crippen LogP contribution in [0.5, 0.6) is 5.75 Å². The van der Waals surface area contributed by atoms with Crippen LogP contribution in [0, 0.1) is 6.92 Å². The highest BCUT2D eigenvalue weighted by Gasteiger charge is 2.22. The molecule has 4 rings (SSSR count). The van der Waals surface area contributed by atoms with Gasteiger partial charge in [0, 0.05) is 48.1 Å². The first-order valence-electron chi connectivity index (χ1n) is 11.6. The second-order valence-electron chi connectivity index (χ2n) is 8.44. The molecule has 0 radical (unpaired) electrons. The minimum Gasteiger partial charge on any atom is -0.484 e. The number of thiocarbonyl (C=S) groups is 1. The third kappa shape index (κ3) is 6.96. The molecule has 36 heavy (non-hydrogen) atoms. The Hall–Kier alpha value is -3.62. The summed E-state index contributed by atoms with van der Waals surface area (Å²) in [5.74, 6) is 0.317. The molecule has 1 saturated heterocycles. The SMILES string of the molecule is Cc1cccc(OCC(=O)NC(=S)Nc2ccc(N3CCN(C(=O)c4ccc(Cl)cc4)CC3)cc2)c1. The zero-order chi connectivity index (χ0) is 25.5. The Morgan fingerprint density at radius 3 is 2.33 bits per heavy atom. The zero-order valence-electron chi connectivity index (χ0n) is 19.9. The summed E-state index contributed by atoms with van der Waals surface area (Å²) in [6.07, 6.45) is 0. The van der Waals surface area contributed by atoms with Gasteiger partial charge in [0.05, 0.1) is 0 Å². The molecular weight excluding hydrogens is 496 g/mol. The van der Waals surface area contributed by atoms with Crippen molar-refractivity contribution < 1.29 is 14.3 Å². The number of aryl methyl sites for hydroxylation is 1.